The van der Waals surface area contributed by atoms with Gasteiger partial charge in [0, 0.05) is 5.69 Å². The average molecular weight is 311 g/mol. The summed E-state index contributed by atoms with van der Waals surface area (Å²) in [7, 11) is 0. The molecule has 0 bridgehead atoms. The monoisotopic (exact) mass is 311 g/mol. The second-order valence-corrected chi connectivity index (χ2v) is 5.04. The number of hydrogen-bond donors (Lipinski definition) is 1. The highest BCUT2D eigenvalue weighted by Gasteiger charge is 2.12. The summed E-state index contributed by atoms with van der Waals surface area (Å²) in [6.07, 6.45) is 2.91. The fraction of sp³-hybridized carbons (Fsp3) is 0.125. The van der Waals surface area contributed by atoms with Crippen LogP contribution in [0, 0.1) is 19.7 Å². The molecule has 0 saturated carbocycles. The number of carbonyl (C=O) groups is 1. The van der Waals surface area contributed by atoms with Crippen molar-refractivity contribution in [1.82, 2.24) is 19.7 Å². The molecule has 1 N–H and O–H groups in total. The zero-order valence-corrected chi connectivity index (χ0v) is 12.6. The van der Waals surface area contributed by atoms with Crippen LogP contribution in [-0.4, -0.2) is 25.7 Å². The van der Waals surface area contributed by atoms with Gasteiger partial charge < -0.3 is 5.32 Å². The van der Waals surface area contributed by atoms with Crippen molar-refractivity contribution in [2.75, 3.05) is 5.32 Å². The van der Waals surface area contributed by atoms with Crippen LogP contribution in [0.2, 0.25) is 0 Å². The van der Waals surface area contributed by atoms with E-state index in [-0.39, 0.29) is 5.56 Å². The Morgan fingerprint density at radius 1 is 1.17 bits per heavy atom. The third kappa shape index (κ3) is 3.08. The predicted molar refractivity (Wildman–Crippen MR) is 83.0 cm³/mol. The molecule has 2 aromatic heterocycles. The number of hydrogen-bond acceptors (Lipinski definition) is 4. The van der Waals surface area contributed by atoms with Gasteiger partial charge in [-0.25, -0.2) is 19.0 Å². The van der Waals surface area contributed by atoms with Gasteiger partial charge in [-0.3, -0.25) is 4.79 Å². The Morgan fingerprint density at radius 2 is 1.87 bits per heavy atom. The van der Waals surface area contributed by atoms with Gasteiger partial charge in [-0.2, -0.15) is 5.10 Å². The van der Waals surface area contributed by atoms with Crippen molar-refractivity contribution in [2.45, 2.75) is 13.8 Å². The van der Waals surface area contributed by atoms with Crippen molar-refractivity contribution < 1.29 is 9.18 Å². The molecule has 0 aliphatic heterocycles. The number of rotatable bonds is 3. The van der Waals surface area contributed by atoms with Gasteiger partial charge in [0.25, 0.3) is 11.9 Å². The Bertz CT molecular complexity index is 857. The van der Waals surface area contributed by atoms with E-state index >= 15 is 0 Å². The summed E-state index contributed by atoms with van der Waals surface area (Å²) in [5.74, 6) is -0.727. The first-order chi connectivity index (χ1) is 11.0. The predicted octanol–water partition coefficient (Wildman–Crippen LogP) is 2.67. The molecule has 0 aliphatic carbocycles. The molecule has 0 spiro atoms. The van der Waals surface area contributed by atoms with E-state index in [9.17, 15) is 9.18 Å². The normalized spacial score (nSPS) is 10.6. The van der Waals surface area contributed by atoms with Gasteiger partial charge in [0.2, 0.25) is 0 Å². The number of anilines is 1. The second kappa shape index (κ2) is 5.96. The smallest absolute Gasteiger partial charge is 0.258 e. The molecular weight excluding hydrogens is 297 g/mol. The fourth-order valence-electron chi connectivity index (χ4n) is 2.17. The molecule has 0 radical (unpaired) electrons. The van der Waals surface area contributed by atoms with Crippen LogP contribution in [0.15, 0.2) is 42.7 Å². The van der Waals surface area contributed by atoms with Gasteiger partial charge in [-0.15, -0.1) is 0 Å². The van der Waals surface area contributed by atoms with Crippen molar-refractivity contribution in [3.8, 4) is 5.95 Å². The molecule has 0 fully saturated rings. The van der Waals surface area contributed by atoms with Gasteiger partial charge in [0.15, 0.2) is 0 Å². The summed E-state index contributed by atoms with van der Waals surface area (Å²) in [5, 5.41) is 6.85. The number of aryl methyl sites for hydroxylation is 2. The highest BCUT2D eigenvalue weighted by molar-refractivity contribution is 6.04. The zero-order chi connectivity index (χ0) is 16.4. The van der Waals surface area contributed by atoms with Crippen molar-refractivity contribution in [3.63, 3.8) is 0 Å². The third-order valence-corrected chi connectivity index (χ3v) is 3.21. The molecule has 23 heavy (non-hydrogen) atoms. The molecule has 0 unspecified atom stereocenters. The van der Waals surface area contributed by atoms with Crippen LogP contribution in [0.4, 0.5) is 10.1 Å². The molecule has 7 heteroatoms. The number of halogens is 1. The lowest BCUT2D eigenvalue weighted by Crippen LogP contribution is -2.14. The van der Waals surface area contributed by atoms with E-state index in [1.165, 1.54) is 30.6 Å². The maximum atomic E-state index is 13.6. The summed E-state index contributed by atoms with van der Waals surface area (Å²) >= 11 is 0. The number of amides is 1. The van der Waals surface area contributed by atoms with Crippen LogP contribution >= 0.6 is 0 Å². The Hall–Kier alpha value is -3.09. The van der Waals surface area contributed by atoms with Crippen LogP contribution in [0.25, 0.3) is 5.95 Å². The molecule has 0 atom stereocenters. The van der Waals surface area contributed by atoms with Crippen LogP contribution < -0.4 is 5.32 Å². The Balaban J connectivity index is 1.79. The molecule has 1 amide bonds. The van der Waals surface area contributed by atoms with Gasteiger partial charge >= 0.3 is 0 Å². The minimum Gasteiger partial charge on any atom is -0.319 e. The van der Waals surface area contributed by atoms with E-state index < -0.39 is 11.7 Å². The van der Waals surface area contributed by atoms with E-state index in [1.54, 1.807) is 10.7 Å². The summed E-state index contributed by atoms with van der Waals surface area (Å²) in [6.45, 7) is 3.78. The van der Waals surface area contributed by atoms with Crippen LogP contribution in [0.5, 0.6) is 0 Å². The number of nitrogens with one attached hydrogen (secondary N) is 1. The first-order valence-electron chi connectivity index (χ1n) is 6.96. The van der Waals surface area contributed by atoms with E-state index in [4.69, 9.17) is 0 Å². The number of nitrogens with zero attached hydrogens (tertiary/aromatic N) is 4. The molecule has 0 aliphatic rings. The standard InChI is InChI=1S/C16H14FN5O/c1-10-7-11(2)22(21-10)16-18-8-12(9-19-16)20-15(23)13-5-3-4-6-14(13)17/h3-9H,1-2H3,(H,20,23). The van der Waals surface area contributed by atoms with Crippen LogP contribution in [-0.2, 0) is 0 Å². The first kappa shape index (κ1) is 14.8. The maximum absolute atomic E-state index is 13.6. The van der Waals surface area contributed by atoms with Crippen molar-refractivity contribution in [1.29, 1.82) is 0 Å². The van der Waals surface area contributed by atoms with Crippen molar-refractivity contribution >= 4 is 11.6 Å². The fourth-order valence-corrected chi connectivity index (χ4v) is 2.17. The average Bonchev–Trinajstić information content (AvgIpc) is 2.87. The molecule has 3 rings (SSSR count). The lowest BCUT2D eigenvalue weighted by Gasteiger charge is -2.06. The SMILES string of the molecule is Cc1cc(C)n(-c2ncc(NC(=O)c3ccccc3F)cn2)n1. The molecule has 1 aromatic carbocycles. The molecule has 116 valence electrons. The molecule has 2 heterocycles. The summed E-state index contributed by atoms with van der Waals surface area (Å²) in [6, 6.07) is 7.68. The van der Waals surface area contributed by atoms with Crippen LogP contribution in [0.1, 0.15) is 21.7 Å². The van der Waals surface area contributed by atoms with E-state index in [0.717, 1.165) is 11.4 Å². The minimum atomic E-state index is -0.579. The van der Waals surface area contributed by atoms with Crippen molar-refractivity contribution in [3.05, 3.63) is 65.5 Å². The van der Waals surface area contributed by atoms with Gasteiger partial charge in [0.1, 0.15) is 5.82 Å². The van der Waals surface area contributed by atoms with Gasteiger partial charge in [0.05, 0.1) is 29.3 Å². The largest absolute Gasteiger partial charge is 0.319 e. The summed E-state index contributed by atoms with van der Waals surface area (Å²) < 4.78 is 15.2. The Morgan fingerprint density at radius 3 is 2.48 bits per heavy atom. The van der Waals surface area contributed by atoms with Crippen molar-refractivity contribution in [2.24, 2.45) is 0 Å². The van der Waals surface area contributed by atoms with E-state index in [2.05, 4.69) is 20.4 Å². The van der Waals surface area contributed by atoms with Crippen LogP contribution in [0.3, 0.4) is 0 Å². The summed E-state index contributed by atoms with van der Waals surface area (Å²) in [4.78, 5) is 20.4. The summed E-state index contributed by atoms with van der Waals surface area (Å²) in [5.41, 5.74) is 2.12. The van der Waals surface area contributed by atoms with E-state index in [1.807, 2.05) is 19.9 Å². The molecule has 0 saturated heterocycles. The molecule has 3 aromatic rings. The minimum absolute atomic E-state index is 0.0323. The Kier molecular flexibility index (Phi) is 3.84. The molecular formula is C16H14FN5O. The van der Waals surface area contributed by atoms with E-state index in [0.29, 0.717) is 11.6 Å². The second-order valence-electron chi connectivity index (χ2n) is 5.04. The number of aromatic nitrogens is 4. The highest BCUT2D eigenvalue weighted by atomic mass is 19.1. The molecule has 6 nitrogen and oxygen atoms in total. The topological polar surface area (TPSA) is 72.7 Å². The number of carbonyl (C=O) groups excluding carboxylic acids is 1. The lowest BCUT2D eigenvalue weighted by atomic mass is 10.2. The third-order valence-electron chi connectivity index (χ3n) is 3.21. The Labute approximate surface area is 132 Å². The van der Waals surface area contributed by atoms with Gasteiger partial charge in [-0.05, 0) is 32.0 Å². The highest BCUT2D eigenvalue weighted by Crippen LogP contribution is 2.12. The zero-order valence-electron chi connectivity index (χ0n) is 12.6. The maximum Gasteiger partial charge on any atom is 0.258 e. The number of benzene rings is 1. The van der Waals surface area contributed by atoms with Gasteiger partial charge in [-0.1, -0.05) is 12.1 Å². The first-order valence-corrected chi connectivity index (χ1v) is 6.96. The quantitative estimate of drug-likeness (QED) is 0.807. The lowest BCUT2D eigenvalue weighted by molar-refractivity contribution is 0.102.